The zero-order chi connectivity index (χ0) is 21.1. The molecule has 2 aromatic heterocycles. The fourth-order valence-electron chi connectivity index (χ4n) is 3.91. The van der Waals surface area contributed by atoms with Gasteiger partial charge in [-0.3, -0.25) is 9.36 Å². The van der Waals surface area contributed by atoms with Gasteiger partial charge in [0.05, 0.1) is 18.3 Å². The summed E-state index contributed by atoms with van der Waals surface area (Å²) >= 11 is 1.45. The predicted molar refractivity (Wildman–Crippen MR) is 118 cm³/mol. The Hall–Kier alpha value is -2.51. The minimum Gasteiger partial charge on any atom is -0.462 e. The molecule has 158 valence electrons. The van der Waals surface area contributed by atoms with Crippen molar-refractivity contribution in [1.82, 2.24) is 9.55 Å². The van der Waals surface area contributed by atoms with Gasteiger partial charge in [0.25, 0.3) is 5.56 Å². The maximum Gasteiger partial charge on any atom is 0.329 e. The Labute approximate surface area is 179 Å². The lowest BCUT2D eigenvalue weighted by molar-refractivity contribution is -0.148. The van der Waals surface area contributed by atoms with E-state index in [0.29, 0.717) is 23.4 Å². The van der Waals surface area contributed by atoms with Crippen molar-refractivity contribution in [3.05, 3.63) is 51.4 Å². The van der Waals surface area contributed by atoms with Crippen molar-refractivity contribution in [2.24, 2.45) is 0 Å². The molecular weight excluding hydrogens is 400 g/mol. The lowest BCUT2D eigenvalue weighted by Gasteiger charge is -2.17. The largest absolute Gasteiger partial charge is 0.462 e. The maximum atomic E-state index is 13.3. The highest BCUT2D eigenvalue weighted by molar-refractivity contribution is 7.17. The second-order valence-corrected chi connectivity index (χ2v) is 8.38. The van der Waals surface area contributed by atoms with E-state index in [1.54, 1.807) is 6.92 Å². The van der Waals surface area contributed by atoms with Crippen molar-refractivity contribution in [3.63, 3.8) is 0 Å². The summed E-state index contributed by atoms with van der Waals surface area (Å²) in [5, 5.41) is 2.55. The molecule has 0 spiro atoms. The molecule has 1 unspecified atom stereocenters. The van der Waals surface area contributed by atoms with Crippen molar-refractivity contribution < 1.29 is 14.3 Å². The van der Waals surface area contributed by atoms with Gasteiger partial charge in [0.15, 0.2) is 0 Å². The number of carbonyl (C=O) groups excluding carboxylic acids is 1. The number of carbonyl (C=O) groups is 1. The molecular formula is C23H26N2O4S. The normalized spacial score (nSPS) is 14.5. The molecule has 3 aromatic rings. The molecule has 1 aromatic carbocycles. The standard InChI is InChI=1S/C23H26N2O4S/c1-3-28-10-11-29-23(27)15(2)25-14-24-21-20(22(25)26)19(13-30-21)18-9-8-16-6-4-5-7-17(16)12-18/h8-9,12-15H,3-7,10-11H2,1-2H3. The van der Waals surface area contributed by atoms with Crippen LogP contribution in [0.2, 0.25) is 0 Å². The number of aromatic nitrogens is 2. The first-order chi connectivity index (χ1) is 14.6. The highest BCUT2D eigenvalue weighted by Crippen LogP contribution is 2.33. The van der Waals surface area contributed by atoms with Crippen LogP contribution in [-0.4, -0.2) is 35.3 Å². The predicted octanol–water partition coefficient (Wildman–Crippen LogP) is 4.14. The van der Waals surface area contributed by atoms with Crippen LogP contribution in [0.3, 0.4) is 0 Å². The van der Waals surface area contributed by atoms with Crippen LogP contribution in [0.4, 0.5) is 0 Å². The molecule has 0 amide bonds. The van der Waals surface area contributed by atoms with Gasteiger partial charge in [0.2, 0.25) is 0 Å². The van der Waals surface area contributed by atoms with E-state index < -0.39 is 12.0 Å². The van der Waals surface area contributed by atoms with E-state index in [0.717, 1.165) is 24.0 Å². The quantitative estimate of drug-likeness (QED) is 0.419. The molecule has 0 saturated heterocycles. The number of rotatable bonds is 7. The highest BCUT2D eigenvalue weighted by atomic mass is 32.1. The lowest BCUT2D eigenvalue weighted by atomic mass is 9.89. The minimum absolute atomic E-state index is 0.167. The zero-order valence-electron chi connectivity index (χ0n) is 17.3. The molecule has 6 nitrogen and oxygen atoms in total. The topological polar surface area (TPSA) is 70.4 Å². The Morgan fingerprint density at radius 1 is 1.23 bits per heavy atom. The van der Waals surface area contributed by atoms with Crippen LogP contribution in [0.15, 0.2) is 34.7 Å². The van der Waals surface area contributed by atoms with Crippen LogP contribution in [0.25, 0.3) is 21.3 Å². The van der Waals surface area contributed by atoms with Crippen LogP contribution in [0.1, 0.15) is 43.9 Å². The van der Waals surface area contributed by atoms with Gasteiger partial charge < -0.3 is 9.47 Å². The van der Waals surface area contributed by atoms with E-state index in [9.17, 15) is 9.59 Å². The number of thiophene rings is 1. The zero-order valence-corrected chi connectivity index (χ0v) is 18.2. The minimum atomic E-state index is -0.757. The van der Waals surface area contributed by atoms with Gasteiger partial charge in [-0.1, -0.05) is 18.2 Å². The average molecular weight is 427 g/mol. The van der Waals surface area contributed by atoms with Crippen LogP contribution in [-0.2, 0) is 27.1 Å². The molecule has 0 fully saturated rings. The third-order valence-electron chi connectivity index (χ3n) is 5.61. The summed E-state index contributed by atoms with van der Waals surface area (Å²) in [6, 6.07) is 5.72. The fourth-order valence-corrected chi connectivity index (χ4v) is 4.82. The van der Waals surface area contributed by atoms with Crippen molar-refractivity contribution in [3.8, 4) is 11.1 Å². The van der Waals surface area contributed by atoms with Gasteiger partial charge in [-0.25, -0.2) is 9.78 Å². The van der Waals surface area contributed by atoms with Gasteiger partial charge in [0.1, 0.15) is 17.5 Å². The first kappa shape index (κ1) is 20.8. The molecule has 7 heteroatoms. The number of benzene rings is 1. The van der Waals surface area contributed by atoms with E-state index in [-0.39, 0.29) is 12.2 Å². The second-order valence-electron chi connectivity index (χ2n) is 7.52. The van der Waals surface area contributed by atoms with Crippen molar-refractivity contribution >= 4 is 27.5 Å². The summed E-state index contributed by atoms with van der Waals surface area (Å²) in [4.78, 5) is 30.8. The Kier molecular flexibility index (Phi) is 6.29. The fraction of sp³-hybridized carbons (Fsp3) is 0.435. The SMILES string of the molecule is CCOCCOC(=O)C(C)n1cnc2scc(-c3ccc4c(c3)CCCC4)c2c1=O. The molecule has 4 rings (SSSR count). The Balaban J connectivity index is 1.66. The average Bonchev–Trinajstić information content (AvgIpc) is 3.21. The number of nitrogens with zero attached hydrogens (tertiary/aromatic N) is 2. The Bertz CT molecular complexity index is 1120. The van der Waals surface area contributed by atoms with E-state index >= 15 is 0 Å². The first-order valence-electron chi connectivity index (χ1n) is 10.4. The maximum absolute atomic E-state index is 13.3. The smallest absolute Gasteiger partial charge is 0.329 e. The molecule has 0 N–H and O–H groups in total. The summed E-state index contributed by atoms with van der Waals surface area (Å²) in [5.41, 5.74) is 4.47. The number of hydrogen-bond acceptors (Lipinski definition) is 6. The molecule has 0 saturated carbocycles. The second kappa shape index (κ2) is 9.10. The number of aryl methyl sites for hydroxylation is 2. The lowest BCUT2D eigenvalue weighted by Crippen LogP contribution is -2.30. The summed E-state index contributed by atoms with van der Waals surface area (Å²) in [7, 11) is 0. The van der Waals surface area contributed by atoms with E-state index in [2.05, 4.69) is 23.2 Å². The van der Waals surface area contributed by atoms with Gasteiger partial charge in [-0.15, -0.1) is 11.3 Å². The van der Waals surface area contributed by atoms with Crippen LogP contribution in [0, 0.1) is 0 Å². The van der Waals surface area contributed by atoms with Crippen LogP contribution in [0.5, 0.6) is 0 Å². The van der Waals surface area contributed by atoms with Gasteiger partial charge >= 0.3 is 5.97 Å². The van der Waals surface area contributed by atoms with Gasteiger partial charge in [-0.2, -0.15) is 0 Å². The highest BCUT2D eigenvalue weighted by Gasteiger charge is 2.22. The van der Waals surface area contributed by atoms with Crippen LogP contribution >= 0.6 is 11.3 Å². The number of hydrogen-bond donors (Lipinski definition) is 0. The summed E-state index contributed by atoms with van der Waals surface area (Å²) in [6.07, 6.45) is 6.08. The first-order valence-corrected chi connectivity index (χ1v) is 11.3. The molecule has 1 aliphatic carbocycles. The number of esters is 1. The molecule has 1 aliphatic rings. The number of fused-ring (bicyclic) bond motifs is 2. The van der Waals surface area contributed by atoms with E-state index in [1.807, 2.05) is 12.3 Å². The third kappa shape index (κ3) is 4.04. The van der Waals surface area contributed by atoms with Gasteiger partial charge in [0, 0.05) is 17.6 Å². The summed E-state index contributed by atoms with van der Waals surface area (Å²) < 4.78 is 11.8. The monoisotopic (exact) mass is 426 g/mol. The molecule has 0 bridgehead atoms. The molecule has 1 atom stereocenters. The van der Waals surface area contributed by atoms with Gasteiger partial charge in [-0.05, 0) is 56.2 Å². The summed E-state index contributed by atoms with van der Waals surface area (Å²) in [6.45, 7) is 4.61. The molecule has 30 heavy (non-hydrogen) atoms. The Morgan fingerprint density at radius 3 is 2.83 bits per heavy atom. The molecule has 2 heterocycles. The van der Waals surface area contributed by atoms with Crippen molar-refractivity contribution in [1.29, 1.82) is 0 Å². The summed E-state index contributed by atoms with van der Waals surface area (Å²) in [5.74, 6) is -0.469. The van der Waals surface area contributed by atoms with Crippen molar-refractivity contribution in [2.45, 2.75) is 45.6 Å². The number of ether oxygens (including phenoxy) is 2. The van der Waals surface area contributed by atoms with E-state index in [4.69, 9.17) is 9.47 Å². The van der Waals surface area contributed by atoms with Crippen molar-refractivity contribution in [2.75, 3.05) is 19.8 Å². The molecule has 0 aliphatic heterocycles. The molecule has 0 radical (unpaired) electrons. The third-order valence-corrected chi connectivity index (χ3v) is 6.50. The van der Waals surface area contributed by atoms with E-state index in [1.165, 1.54) is 46.2 Å². The van der Waals surface area contributed by atoms with Crippen LogP contribution < -0.4 is 5.56 Å². The Morgan fingerprint density at radius 2 is 2.03 bits per heavy atom.